The molecule has 1 heterocycles. The van der Waals surface area contributed by atoms with Gasteiger partial charge in [0.25, 0.3) is 0 Å². The summed E-state index contributed by atoms with van der Waals surface area (Å²) in [4.78, 5) is 0. The van der Waals surface area contributed by atoms with Crippen LogP contribution < -0.4 is 5.32 Å². The highest BCUT2D eigenvalue weighted by molar-refractivity contribution is 4.89. The van der Waals surface area contributed by atoms with Crippen LogP contribution in [0.15, 0.2) is 0 Å². The van der Waals surface area contributed by atoms with Crippen LogP contribution in [0.3, 0.4) is 0 Å². The maximum absolute atomic E-state index is 5.52. The number of hydrogen-bond acceptors (Lipinski definition) is 2. The van der Waals surface area contributed by atoms with Gasteiger partial charge < -0.3 is 10.1 Å². The van der Waals surface area contributed by atoms with Crippen molar-refractivity contribution in [3.8, 4) is 0 Å². The van der Waals surface area contributed by atoms with Crippen molar-refractivity contribution in [2.45, 2.75) is 65.3 Å². The third kappa shape index (κ3) is 3.71. The van der Waals surface area contributed by atoms with Crippen LogP contribution in [0.5, 0.6) is 0 Å². The third-order valence-corrected chi connectivity index (χ3v) is 5.11. The van der Waals surface area contributed by atoms with E-state index in [2.05, 4.69) is 26.1 Å². The number of nitrogens with one attached hydrogen (secondary N) is 1. The van der Waals surface area contributed by atoms with E-state index in [9.17, 15) is 0 Å². The van der Waals surface area contributed by atoms with Crippen LogP contribution in [0.2, 0.25) is 0 Å². The molecule has 1 unspecified atom stereocenters. The van der Waals surface area contributed by atoms with E-state index in [1.165, 1.54) is 38.5 Å². The van der Waals surface area contributed by atoms with Crippen LogP contribution in [-0.2, 0) is 4.74 Å². The van der Waals surface area contributed by atoms with E-state index in [1.807, 2.05) is 0 Å². The van der Waals surface area contributed by atoms with Crippen molar-refractivity contribution in [1.29, 1.82) is 0 Å². The minimum atomic E-state index is 0.586. The molecule has 1 aliphatic heterocycles. The van der Waals surface area contributed by atoms with Gasteiger partial charge in [-0.3, -0.25) is 0 Å². The number of rotatable bonds is 4. The molecule has 106 valence electrons. The standard InChI is InChI=1S/C16H31NO/c1-4-17-15(14-7-11-18-12-8-14)13-5-9-16(2,3)10-6-13/h13-15,17H,4-12H2,1-3H3. The fourth-order valence-electron chi connectivity index (χ4n) is 3.81. The van der Waals surface area contributed by atoms with Gasteiger partial charge in [0.2, 0.25) is 0 Å². The second-order valence-electron chi connectivity index (χ2n) is 7.03. The SMILES string of the molecule is CCNC(C1CCOCC1)C1CCC(C)(C)CC1. The fraction of sp³-hybridized carbons (Fsp3) is 1.00. The normalized spacial score (nSPS) is 28.2. The smallest absolute Gasteiger partial charge is 0.0469 e. The van der Waals surface area contributed by atoms with Crippen LogP contribution in [-0.4, -0.2) is 25.8 Å². The van der Waals surface area contributed by atoms with Gasteiger partial charge in [-0.15, -0.1) is 0 Å². The highest BCUT2D eigenvalue weighted by Gasteiger charge is 2.35. The summed E-state index contributed by atoms with van der Waals surface area (Å²) >= 11 is 0. The van der Waals surface area contributed by atoms with E-state index in [0.29, 0.717) is 5.41 Å². The van der Waals surface area contributed by atoms with Gasteiger partial charge in [-0.05, 0) is 62.3 Å². The summed E-state index contributed by atoms with van der Waals surface area (Å²) in [7, 11) is 0. The Kier molecular flexibility index (Phi) is 5.08. The van der Waals surface area contributed by atoms with Crippen molar-refractivity contribution in [2.75, 3.05) is 19.8 Å². The summed E-state index contributed by atoms with van der Waals surface area (Å²) in [5, 5.41) is 3.79. The summed E-state index contributed by atoms with van der Waals surface area (Å²) < 4.78 is 5.52. The monoisotopic (exact) mass is 253 g/mol. The van der Waals surface area contributed by atoms with Gasteiger partial charge in [0, 0.05) is 19.3 Å². The highest BCUT2D eigenvalue weighted by atomic mass is 16.5. The predicted molar refractivity (Wildman–Crippen MR) is 76.7 cm³/mol. The minimum absolute atomic E-state index is 0.586. The summed E-state index contributed by atoms with van der Waals surface area (Å²) in [6.45, 7) is 10.2. The molecule has 2 nitrogen and oxygen atoms in total. The van der Waals surface area contributed by atoms with Crippen LogP contribution in [0, 0.1) is 17.3 Å². The molecule has 1 saturated heterocycles. The first-order chi connectivity index (χ1) is 8.62. The molecule has 1 aliphatic carbocycles. The molecule has 0 radical (unpaired) electrons. The Morgan fingerprint density at radius 3 is 2.17 bits per heavy atom. The predicted octanol–water partition coefficient (Wildman–Crippen LogP) is 3.61. The van der Waals surface area contributed by atoms with Crippen molar-refractivity contribution < 1.29 is 4.74 Å². The molecule has 0 spiro atoms. The maximum Gasteiger partial charge on any atom is 0.0469 e. The molecule has 1 atom stereocenters. The molecule has 2 heteroatoms. The lowest BCUT2D eigenvalue weighted by atomic mass is 9.68. The molecule has 0 aromatic carbocycles. The first kappa shape index (κ1) is 14.3. The molecule has 2 aliphatic rings. The lowest BCUT2D eigenvalue weighted by Gasteiger charge is -2.42. The molecule has 2 fully saturated rings. The average Bonchev–Trinajstić information content (AvgIpc) is 2.38. The second-order valence-corrected chi connectivity index (χ2v) is 7.03. The zero-order valence-corrected chi connectivity index (χ0v) is 12.5. The maximum atomic E-state index is 5.52. The van der Waals surface area contributed by atoms with Crippen LogP contribution in [0.1, 0.15) is 59.3 Å². The molecule has 1 saturated carbocycles. The van der Waals surface area contributed by atoms with Gasteiger partial charge in [0.15, 0.2) is 0 Å². The Morgan fingerprint density at radius 1 is 1.06 bits per heavy atom. The minimum Gasteiger partial charge on any atom is -0.381 e. The van der Waals surface area contributed by atoms with Gasteiger partial charge in [0.1, 0.15) is 0 Å². The van der Waals surface area contributed by atoms with Gasteiger partial charge in [-0.2, -0.15) is 0 Å². The van der Waals surface area contributed by atoms with Crippen molar-refractivity contribution in [3.63, 3.8) is 0 Å². The summed E-state index contributed by atoms with van der Waals surface area (Å²) in [5.74, 6) is 1.76. The van der Waals surface area contributed by atoms with Crippen molar-refractivity contribution in [1.82, 2.24) is 5.32 Å². The lowest BCUT2D eigenvalue weighted by Crippen LogP contribution is -2.46. The first-order valence-electron chi connectivity index (χ1n) is 7.93. The number of ether oxygens (including phenoxy) is 1. The van der Waals surface area contributed by atoms with Crippen LogP contribution in [0.4, 0.5) is 0 Å². The van der Waals surface area contributed by atoms with E-state index in [-0.39, 0.29) is 0 Å². The molecule has 0 aromatic rings. The van der Waals surface area contributed by atoms with Crippen LogP contribution in [0.25, 0.3) is 0 Å². The summed E-state index contributed by atoms with van der Waals surface area (Å²) in [5.41, 5.74) is 0.586. The molecule has 0 amide bonds. The Morgan fingerprint density at radius 2 is 1.61 bits per heavy atom. The molecular formula is C16H31NO. The van der Waals surface area contributed by atoms with Crippen LogP contribution >= 0.6 is 0 Å². The highest BCUT2D eigenvalue weighted by Crippen LogP contribution is 2.41. The summed E-state index contributed by atoms with van der Waals surface area (Å²) in [6.07, 6.45) is 8.17. The Balaban J connectivity index is 1.92. The Labute approximate surface area is 113 Å². The van der Waals surface area contributed by atoms with E-state index in [0.717, 1.165) is 37.6 Å². The van der Waals surface area contributed by atoms with E-state index in [4.69, 9.17) is 4.74 Å². The van der Waals surface area contributed by atoms with Crippen molar-refractivity contribution in [2.24, 2.45) is 17.3 Å². The largest absolute Gasteiger partial charge is 0.381 e. The van der Waals surface area contributed by atoms with Gasteiger partial charge >= 0.3 is 0 Å². The molecule has 1 N–H and O–H groups in total. The van der Waals surface area contributed by atoms with E-state index >= 15 is 0 Å². The van der Waals surface area contributed by atoms with Gasteiger partial charge in [0.05, 0.1) is 0 Å². The summed E-state index contributed by atoms with van der Waals surface area (Å²) in [6, 6.07) is 0.745. The first-order valence-corrected chi connectivity index (χ1v) is 7.93. The van der Waals surface area contributed by atoms with E-state index < -0.39 is 0 Å². The molecular weight excluding hydrogens is 222 g/mol. The molecule has 2 rings (SSSR count). The molecule has 0 bridgehead atoms. The third-order valence-electron chi connectivity index (χ3n) is 5.11. The Hall–Kier alpha value is -0.0800. The van der Waals surface area contributed by atoms with E-state index in [1.54, 1.807) is 0 Å². The zero-order chi connectivity index (χ0) is 13.0. The average molecular weight is 253 g/mol. The quantitative estimate of drug-likeness (QED) is 0.826. The fourth-order valence-corrected chi connectivity index (χ4v) is 3.81. The topological polar surface area (TPSA) is 21.3 Å². The van der Waals surface area contributed by atoms with Gasteiger partial charge in [-0.25, -0.2) is 0 Å². The van der Waals surface area contributed by atoms with Gasteiger partial charge in [-0.1, -0.05) is 20.8 Å². The zero-order valence-electron chi connectivity index (χ0n) is 12.5. The molecule has 18 heavy (non-hydrogen) atoms. The lowest BCUT2D eigenvalue weighted by molar-refractivity contribution is 0.0350. The van der Waals surface area contributed by atoms with Crippen molar-refractivity contribution in [3.05, 3.63) is 0 Å². The number of hydrogen-bond donors (Lipinski definition) is 1. The Bertz CT molecular complexity index is 235. The second kappa shape index (κ2) is 6.38. The van der Waals surface area contributed by atoms with Crippen molar-refractivity contribution >= 4 is 0 Å². The molecule has 0 aromatic heterocycles.